The van der Waals surface area contributed by atoms with Gasteiger partial charge in [0.25, 0.3) is 5.69 Å². The molecule has 1 aromatic carbocycles. The monoisotopic (exact) mass is 267 g/mol. The lowest BCUT2D eigenvalue weighted by Gasteiger charge is -2.07. The average molecular weight is 267 g/mol. The van der Waals surface area contributed by atoms with Crippen molar-refractivity contribution in [1.29, 1.82) is 0 Å². The van der Waals surface area contributed by atoms with Gasteiger partial charge < -0.3 is 15.8 Å². The van der Waals surface area contributed by atoms with Gasteiger partial charge in [-0.3, -0.25) is 10.1 Å². The second-order valence-corrected chi connectivity index (χ2v) is 4.32. The zero-order valence-corrected chi connectivity index (χ0v) is 11.2. The molecule has 0 heterocycles. The minimum atomic E-state index is -0.449. The minimum absolute atomic E-state index is 0.00157. The van der Waals surface area contributed by atoms with Crippen LogP contribution in [0.4, 0.5) is 17.1 Å². The van der Waals surface area contributed by atoms with E-state index in [0.29, 0.717) is 24.5 Å². The molecule has 0 fully saturated rings. The van der Waals surface area contributed by atoms with Crippen LogP contribution in [-0.2, 0) is 4.74 Å². The first-order valence-electron chi connectivity index (χ1n) is 6.50. The second-order valence-electron chi connectivity index (χ2n) is 4.32. The Morgan fingerprint density at radius 3 is 2.74 bits per heavy atom. The molecular formula is C13H21N3O3. The largest absolute Gasteiger partial charge is 0.398 e. The topological polar surface area (TPSA) is 90.4 Å². The Bertz CT molecular complexity index is 410. The van der Waals surface area contributed by atoms with Gasteiger partial charge in [0.1, 0.15) is 0 Å². The summed E-state index contributed by atoms with van der Waals surface area (Å²) >= 11 is 0. The van der Waals surface area contributed by atoms with Crippen LogP contribution in [0.5, 0.6) is 0 Å². The number of nitro benzene ring substituents is 1. The summed E-state index contributed by atoms with van der Waals surface area (Å²) in [6.45, 7) is 4.31. The summed E-state index contributed by atoms with van der Waals surface area (Å²) in [5, 5.41) is 13.8. The number of ether oxygens (including phenoxy) is 1. The molecule has 1 rings (SSSR count). The van der Waals surface area contributed by atoms with Gasteiger partial charge in [-0.15, -0.1) is 0 Å². The molecular weight excluding hydrogens is 246 g/mol. The van der Waals surface area contributed by atoms with Crippen molar-refractivity contribution in [2.24, 2.45) is 0 Å². The molecule has 1 aromatic rings. The highest BCUT2D eigenvalue weighted by Gasteiger charge is 2.07. The standard InChI is InChI=1S/C13H21N3O3/c1-2-3-6-19-7-4-5-15-12-8-11(14)9-13(10-12)16(17)18/h8-10,15H,2-7,14H2,1H3. The third kappa shape index (κ3) is 6.05. The highest BCUT2D eigenvalue weighted by atomic mass is 16.6. The van der Waals surface area contributed by atoms with E-state index in [9.17, 15) is 10.1 Å². The molecule has 0 saturated carbocycles. The Morgan fingerprint density at radius 2 is 2.05 bits per heavy atom. The Hall–Kier alpha value is -1.82. The molecule has 0 aromatic heterocycles. The quantitative estimate of drug-likeness (QED) is 0.311. The Labute approximate surface area is 113 Å². The van der Waals surface area contributed by atoms with Crippen molar-refractivity contribution >= 4 is 17.1 Å². The number of nitrogens with one attached hydrogen (secondary N) is 1. The molecule has 0 spiro atoms. The molecule has 0 radical (unpaired) electrons. The van der Waals surface area contributed by atoms with Gasteiger partial charge in [-0.2, -0.15) is 0 Å². The molecule has 0 aliphatic heterocycles. The number of nitro groups is 1. The highest BCUT2D eigenvalue weighted by Crippen LogP contribution is 2.22. The predicted molar refractivity (Wildman–Crippen MR) is 76.3 cm³/mol. The summed E-state index contributed by atoms with van der Waals surface area (Å²) < 4.78 is 5.42. The van der Waals surface area contributed by atoms with Crippen molar-refractivity contribution < 1.29 is 9.66 Å². The first kappa shape index (κ1) is 15.2. The summed E-state index contributed by atoms with van der Waals surface area (Å²) in [6.07, 6.45) is 3.06. The van der Waals surface area contributed by atoms with Gasteiger partial charge in [0, 0.05) is 43.3 Å². The van der Waals surface area contributed by atoms with Crippen LogP contribution in [0.15, 0.2) is 18.2 Å². The maximum atomic E-state index is 10.7. The number of anilines is 2. The average Bonchev–Trinajstić information content (AvgIpc) is 2.37. The van der Waals surface area contributed by atoms with Crippen LogP contribution in [0.25, 0.3) is 0 Å². The smallest absolute Gasteiger partial charge is 0.273 e. The van der Waals surface area contributed by atoms with Crippen molar-refractivity contribution in [3.63, 3.8) is 0 Å². The van der Waals surface area contributed by atoms with E-state index in [1.165, 1.54) is 12.1 Å². The van der Waals surface area contributed by atoms with Crippen LogP contribution in [-0.4, -0.2) is 24.7 Å². The first-order valence-corrected chi connectivity index (χ1v) is 6.50. The Balaban J connectivity index is 2.31. The fourth-order valence-electron chi connectivity index (χ4n) is 1.60. The van der Waals surface area contributed by atoms with Gasteiger partial charge in [0.15, 0.2) is 0 Å². The third-order valence-corrected chi connectivity index (χ3v) is 2.59. The molecule has 0 saturated heterocycles. The fraction of sp³-hybridized carbons (Fsp3) is 0.538. The highest BCUT2D eigenvalue weighted by molar-refractivity contribution is 5.61. The van der Waals surface area contributed by atoms with Gasteiger partial charge in [0.2, 0.25) is 0 Å². The minimum Gasteiger partial charge on any atom is -0.398 e. The number of hydrogen-bond donors (Lipinski definition) is 2. The maximum Gasteiger partial charge on any atom is 0.273 e. The van der Waals surface area contributed by atoms with Crippen LogP contribution in [0.3, 0.4) is 0 Å². The molecule has 0 atom stereocenters. The first-order chi connectivity index (χ1) is 9.13. The van der Waals surface area contributed by atoms with Crippen molar-refractivity contribution in [1.82, 2.24) is 0 Å². The van der Waals surface area contributed by atoms with Crippen molar-refractivity contribution in [2.45, 2.75) is 26.2 Å². The van der Waals surface area contributed by atoms with Crippen molar-refractivity contribution in [2.75, 3.05) is 30.8 Å². The predicted octanol–water partition coefficient (Wildman–Crippen LogP) is 2.80. The van der Waals surface area contributed by atoms with Gasteiger partial charge in [-0.1, -0.05) is 13.3 Å². The lowest BCUT2D eigenvalue weighted by molar-refractivity contribution is -0.384. The third-order valence-electron chi connectivity index (χ3n) is 2.59. The van der Waals surface area contributed by atoms with Crippen molar-refractivity contribution in [3.8, 4) is 0 Å². The van der Waals surface area contributed by atoms with Crippen LogP contribution in [0.1, 0.15) is 26.2 Å². The number of unbranched alkanes of at least 4 members (excludes halogenated alkanes) is 1. The number of non-ortho nitro benzene ring substituents is 1. The number of rotatable bonds is 9. The van der Waals surface area contributed by atoms with Gasteiger partial charge in [0.05, 0.1) is 4.92 Å². The van der Waals surface area contributed by atoms with E-state index < -0.39 is 4.92 Å². The van der Waals surface area contributed by atoms with Crippen LogP contribution in [0.2, 0.25) is 0 Å². The Kier molecular flexibility index (Phi) is 6.67. The van der Waals surface area contributed by atoms with Crippen molar-refractivity contribution in [3.05, 3.63) is 28.3 Å². The molecule has 106 valence electrons. The molecule has 0 bridgehead atoms. The fourth-order valence-corrected chi connectivity index (χ4v) is 1.60. The number of nitrogens with two attached hydrogens (primary N) is 1. The lowest BCUT2D eigenvalue weighted by atomic mass is 10.2. The number of nitrogens with zero attached hydrogens (tertiary/aromatic N) is 1. The molecule has 6 nitrogen and oxygen atoms in total. The van der Waals surface area contributed by atoms with Gasteiger partial charge in [-0.25, -0.2) is 0 Å². The maximum absolute atomic E-state index is 10.7. The SMILES string of the molecule is CCCCOCCCNc1cc(N)cc([N+](=O)[O-])c1. The summed E-state index contributed by atoms with van der Waals surface area (Å²) in [5.41, 5.74) is 6.67. The van der Waals surface area contributed by atoms with E-state index in [-0.39, 0.29) is 5.69 Å². The van der Waals surface area contributed by atoms with Crippen LogP contribution in [0, 0.1) is 10.1 Å². The van der Waals surface area contributed by atoms with E-state index in [1.807, 2.05) is 0 Å². The van der Waals surface area contributed by atoms with Gasteiger partial charge in [-0.05, 0) is 18.9 Å². The molecule has 0 aliphatic carbocycles. The van der Waals surface area contributed by atoms with Gasteiger partial charge >= 0.3 is 0 Å². The molecule has 0 amide bonds. The van der Waals surface area contributed by atoms with Crippen LogP contribution >= 0.6 is 0 Å². The number of hydrogen-bond acceptors (Lipinski definition) is 5. The molecule has 6 heteroatoms. The molecule has 0 unspecified atom stereocenters. The normalized spacial score (nSPS) is 10.4. The molecule has 0 aliphatic rings. The van der Waals surface area contributed by atoms with E-state index in [2.05, 4.69) is 12.2 Å². The van der Waals surface area contributed by atoms with E-state index in [4.69, 9.17) is 10.5 Å². The van der Waals surface area contributed by atoms with E-state index in [0.717, 1.165) is 25.9 Å². The van der Waals surface area contributed by atoms with E-state index >= 15 is 0 Å². The molecule has 19 heavy (non-hydrogen) atoms. The van der Waals surface area contributed by atoms with Crippen LogP contribution < -0.4 is 11.1 Å². The summed E-state index contributed by atoms with van der Waals surface area (Å²) in [5.74, 6) is 0. The number of nitrogen functional groups attached to an aromatic ring is 1. The zero-order chi connectivity index (χ0) is 14.1. The molecule has 3 N–H and O–H groups in total. The second kappa shape index (κ2) is 8.31. The zero-order valence-electron chi connectivity index (χ0n) is 11.2. The summed E-state index contributed by atoms with van der Waals surface area (Å²) in [7, 11) is 0. The van der Waals surface area contributed by atoms with E-state index in [1.54, 1.807) is 6.07 Å². The summed E-state index contributed by atoms with van der Waals surface area (Å²) in [4.78, 5) is 10.2. The Morgan fingerprint density at radius 1 is 1.32 bits per heavy atom. The lowest BCUT2D eigenvalue weighted by Crippen LogP contribution is -2.07. The number of benzene rings is 1. The summed E-state index contributed by atoms with van der Waals surface area (Å²) in [6, 6.07) is 4.51.